The molecule has 2 amide bonds. The van der Waals surface area contributed by atoms with E-state index in [0.717, 1.165) is 0 Å². The van der Waals surface area contributed by atoms with Crippen LogP contribution in [0.2, 0.25) is 10.0 Å². The number of H-pyrrole nitrogens is 1. The predicted octanol–water partition coefficient (Wildman–Crippen LogP) is 2.80. The van der Waals surface area contributed by atoms with Crippen molar-refractivity contribution in [2.45, 2.75) is 26.7 Å². The van der Waals surface area contributed by atoms with E-state index in [2.05, 4.69) is 15.3 Å². The Morgan fingerprint density at radius 2 is 1.93 bits per heavy atom. The molecule has 0 bridgehead atoms. The van der Waals surface area contributed by atoms with E-state index in [4.69, 9.17) is 23.2 Å². The SMILES string of the molecule is CCN(CC(=O)Nc1c(Cl)cccc1Cl)C(=O)CCc1c(C)nc[nH]c1=O. The largest absolute Gasteiger partial charge is 0.334 e. The van der Waals surface area contributed by atoms with Crippen molar-refractivity contribution >= 4 is 40.7 Å². The first-order chi connectivity index (χ1) is 12.8. The number of halogens is 2. The van der Waals surface area contributed by atoms with Crippen LogP contribution in [0.4, 0.5) is 5.69 Å². The molecule has 0 atom stereocenters. The maximum absolute atomic E-state index is 12.5. The Labute approximate surface area is 166 Å². The van der Waals surface area contributed by atoms with Crippen molar-refractivity contribution in [1.82, 2.24) is 14.9 Å². The second-order valence-electron chi connectivity index (χ2n) is 5.85. The molecule has 9 heteroatoms. The number of para-hydroxylation sites is 1. The van der Waals surface area contributed by atoms with Crippen molar-refractivity contribution in [3.63, 3.8) is 0 Å². The van der Waals surface area contributed by atoms with Gasteiger partial charge in [0.05, 0.1) is 28.6 Å². The third-order valence-corrected chi connectivity index (χ3v) is 4.68. The highest BCUT2D eigenvalue weighted by Crippen LogP contribution is 2.29. The Kier molecular flexibility index (Phi) is 7.38. The number of amides is 2. The summed E-state index contributed by atoms with van der Waals surface area (Å²) in [5.74, 6) is -0.642. The highest BCUT2D eigenvalue weighted by molar-refractivity contribution is 6.39. The summed E-state index contributed by atoms with van der Waals surface area (Å²) < 4.78 is 0. The van der Waals surface area contributed by atoms with E-state index in [1.165, 1.54) is 11.2 Å². The van der Waals surface area contributed by atoms with Gasteiger partial charge in [0.15, 0.2) is 0 Å². The molecule has 1 aromatic heterocycles. The first-order valence-corrected chi connectivity index (χ1v) is 9.13. The van der Waals surface area contributed by atoms with Gasteiger partial charge in [0.2, 0.25) is 11.8 Å². The lowest BCUT2D eigenvalue weighted by molar-refractivity contribution is -0.134. The van der Waals surface area contributed by atoms with Gasteiger partial charge in [-0.25, -0.2) is 4.98 Å². The molecule has 0 saturated heterocycles. The molecule has 2 aromatic rings. The van der Waals surface area contributed by atoms with Crippen LogP contribution in [0.15, 0.2) is 29.3 Å². The molecule has 0 radical (unpaired) electrons. The van der Waals surface area contributed by atoms with E-state index in [0.29, 0.717) is 33.5 Å². The summed E-state index contributed by atoms with van der Waals surface area (Å²) in [6, 6.07) is 4.89. The lowest BCUT2D eigenvalue weighted by Crippen LogP contribution is -2.38. The van der Waals surface area contributed by atoms with Crippen LogP contribution in [0.1, 0.15) is 24.6 Å². The first-order valence-electron chi connectivity index (χ1n) is 8.38. The topological polar surface area (TPSA) is 95.2 Å². The molecule has 0 aliphatic heterocycles. The Hall–Kier alpha value is -2.38. The number of likely N-dealkylation sites (N-methyl/N-ethyl adjacent to an activating group) is 1. The Balaban J connectivity index is 1.98. The van der Waals surface area contributed by atoms with E-state index in [1.54, 1.807) is 32.0 Å². The van der Waals surface area contributed by atoms with E-state index >= 15 is 0 Å². The van der Waals surface area contributed by atoms with Gasteiger partial charge in [-0.1, -0.05) is 29.3 Å². The molecular weight excluding hydrogens is 391 g/mol. The van der Waals surface area contributed by atoms with Crippen molar-refractivity contribution in [2.75, 3.05) is 18.4 Å². The van der Waals surface area contributed by atoms with Crippen LogP contribution in [0, 0.1) is 6.92 Å². The molecule has 2 rings (SSSR count). The Bertz CT molecular complexity index is 878. The molecule has 0 saturated carbocycles. The summed E-state index contributed by atoms with van der Waals surface area (Å²) in [6.07, 6.45) is 1.68. The lowest BCUT2D eigenvalue weighted by Gasteiger charge is -2.21. The van der Waals surface area contributed by atoms with Crippen LogP contribution in [-0.2, 0) is 16.0 Å². The minimum absolute atomic E-state index is 0.101. The molecule has 144 valence electrons. The highest BCUT2D eigenvalue weighted by Gasteiger charge is 2.18. The minimum atomic E-state index is -0.407. The van der Waals surface area contributed by atoms with Crippen LogP contribution in [0.3, 0.4) is 0 Å². The fraction of sp³-hybridized carbons (Fsp3) is 0.333. The van der Waals surface area contributed by atoms with Crippen molar-refractivity contribution in [1.29, 1.82) is 0 Å². The van der Waals surface area contributed by atoms with Crippen LogP contribution in [0.25, 0.3) is 0 Å². The van der Waals surface area contributed by atoms with E-state index in [1.807, 2.05) is 0 Å². The molecule has 2 N–H and O–H groups in total. The molecule has 7 nitrogen and oxygen atoms in total. The van der Waals surface area contributed by atoms with Gasteiger partial charge in [-0.15, -0.1) is 0 Å². The summed E-state index contributed by atoms with van der Waals surface area (Å²) in [7, 11) is 0. The first kappa shape index (κ1) is 20.9. The molecule has 0 spiro atoms. The van der Waals surface area contributed by atoms with Crippen LogP contribution < -0.4 is 10.9 Å². The van der Waals surface area contributed by atoms with Gasteiger partial charge in [0.25, 0.3) is 5.56 Å². The predicted molar refractivity (Wildman–Crippen MR) is 105 cm³/mol. The fourth-order valence-corrected chi connectivity index (χ4v) is 3.04. The summed E-state index contributed by atoms with van der Waals surface area (Å²) in [5.41, 5.74) is 1.10. The molecule has 27 heavy (non-hydrogen) atoms. The Morgan fingerprint density at radius 3 is 2.52 bits per heavy atom. The van der Waals surface area contributed by atoms with E-state index < -0.39 is 5.91 Å². The average molecular weight is 411 g/mol. The summed E-state index contributed by atoms with van der Waals surface area (Å²) in [4.78, 5) is 44.5. The normalized spacial score (nSPS) is 10.5. The third-order valence-electron chi connectivity index (χ3n) is 4.05. The third kappa shape index (κ3) is 5.55. The summed E-state index contributed by atoms with van der Waals surface area (Å²) >= 11 is 12.1. The van der Waals surface area contributed by atoms with E-state index in [9.17, 15) is 14.4 Å². The number of rotatable bonds is 7. The molecule has 0 unspecified atom stereocenters. The zero-order valence-corrected chi connectivity index (χ0v) is 16.5. The zero-order valence-electron chi connectivity index (χ0n) is 15.0. The number of aryl methyl sites for hydroxylation is 1. The van der Waals surface area contributed by atoms with E-state index in [-0.39, 0.29) is 30.9 Å². The number of nitrogens with zero attached hydrogens (tertiary/aromatic N) is 2. The molecule has 1 heterocycles. The summed E-state index contributed by atoms with van der Waals surface area (Å²) in [6.45, 7) is 3.70. The number of carbonyl (C=O) groups is 2. The number of aromatic nitrogens is 2. The number of carbonyl (C=O) groups excluding carboxylic acids is 2. The van der Waals surface area contributed by atoms with Crippen LogP contribution in [0.5, 0.6) is 0 Å². The maximum atomic E-state index is 12.5. The maximum Gasteiger partial charge on any atom is 0.254 e. The van der Waals surface area contributed by atoms with Gasteiger partial charge in [0, 0.05) is 24.2 Å². The minimum Gasteiger partial charge on any atom is -0.334 e. The molecule has 0 fully saturated rings. The van der Waals surface area contributed by atoms with Crippen LogP contribution >= 0.6 is 23.2 Å². The number of anilines is 1. The van der Waals surface area contributed by atoms with Gasteiger partial charge in [-0.2, -0.15) is 0 Å². The number of hydrogen-bond donors (Lipinski definition) is 2. The highest BCUT2D eigenvalue weighted by atomic mass is 35.5. The second kappa shape index (κ2) is 9.53. The fourth-order valence-electron chi connectivity index (χ4n) is 2.55. The molecule has 0 aliphatic rings. The monoisotopic (exact) mass is 410 g/mol. The quantitative estimate of drug-likeness (QED) is 0.733. The van der Waals surface area contributed by atoms with Gasteiger partial charge < -0.3 is 15.2 Å². The van der Waals surface area contributed by atoms with Crippen molar-refractivity contribution in [3.05, 3.63) is 56.2 Å². The van der Waals surface area contributed by atoms with Gasteiger partial charge in [0.1, 0.15) is 0 Å². The Morgan fingerprint density at radius 1 is 1.26 bits per heavy atom. The second-order valence-corrected chi connectivity index (χ2v) is 6.66. The number of nitrogens with one attached hydrogen (secondary N) is 2. The summed E-state index contributed by atoms with van der Waals surface area (Å²) in [5, 5.41) is 3.26. The number of hydrogen-bond acceptors (Lipinski definition) is 4. The van der Waals surface area contributed by atoms with Gasteiger partial charge >= 0.3 is 0 Å². The average Bonchev–Trinajstić information content (AvgIpc) is 2.62. The lowest BCUT2D eigenvalue weighted by atomic mass is 10.1. The van der Waals surface area contributed by atoms with Gasteiger partial charge in [-0.05, 0) is 32.4 Å². The molecular formula is C18H20Cl2N4O3. The van der Waals surface area contributed by atoms with Crippen molar-refractivity contribution in [3.8, 4) is 0 Å². The molecule has 0 aliphatic carbocycles. The van der Waals surface area contributed by atoms with Crippen LogP contribution in [-0.4, -0.2) is 39.8 Å². The number of benzene rings is 1. The smallest absolute Gasteiger partial charge is 0.254 e. The molecule has 1 aromatic carbocycles. The van der Waals surface area contributed by atoms with Crippen molar-refractivity contribution in [2.24, 2.45) is 0 Å². The van der Waals surface area contributed by atoms with Crippen molar-refractivity contribution < 1.29 is 9.59 Å². The van der Waals surface area contributed by atoms with Gasteiger partial charge in [-0.3, -0.25) is 14.4 Å². The zero-order chi connectivity index (χ0) is 20.0. The number of aromatic amines is 1. The standard InChI is InChI=1S/C18H20Cl2N4O3/c1-3-24(9-15(25)23-17-13(19)5-4-6-14(17)20)16(26)8-7-12-11(2)21-10-22-18(12)27/h4-6,10H,3,7-9H2,1-2H3,(H,23,25)(H,21,22,27).